The molecule has 0 nitrogen and oxygen atoms in total. The van der Waals surface area contributed by atoms with E-state index < -0.39 is 0 Å². The summed E-state index contributed by atoms with van der Waals surface area (Å²) in [6.07, 6.45) is 114. The van der Waals surface area contributed by atoms with Gasteiger partial charge < -0.3 is 0 Å². The highest BCUT2D eigenvalue weighted by Gasteiger charge is 2.33. The van der Waals surface area contributed by atoms with E-state index in [1.54, 1.807) is 0 Å². The zero-order valence-corrected chi connectivity index (χ0v) is 59.1. The zero-order valence-electron chi connectivity index (χ0n) is 59.1. The van der Waals surface area contributed by atoms with Crippen LogP contribution in [0, 0.1) is 23.7 Å². The van der Waals surface area contributed by atoms with Gasteiger partial charge in [0.2, 0.25) is 0 Å². The van der Waals surface area contributed by atoms with Gasteiger partial charge >= 0.3 is 0 Å². The van der Waals surface area contributed by atoms with Gasteiger partial charge in [-0.2, -0.15) is 0 Å². The fraction of sp³-hybridized carbons (Fsp3) is 0.859. The second-order valence-corrected chi connectivity index (χ2v) is 28.0. The molecule has 85 heavy (non-hydrogen) atoms. The molecule has 0 saturated carbocycles. The fourth-order valence-electron chi connectivity index (χ4n) is 14.4. The van der Waals surface area contributed by atoms with E-state index in [2.05, 4.69) is 88.8 Å². The van der Waals surface area contributed by atoms with Gasteiger partial charge in [-0.1, -0.05) is 383 Å². The number of allylic oxidation sites excluding steroid dienone is 8. The molecule has 0 heteroatoms. The van der Waals surface area contributed by atoms with Gasteiger partial charge in [-0.05, 0) is 133 Å². The molecule has 0 aliphatic heterocycles. The quantitative estimate of drug-likeness (QED) is 0.0421. The summed E-state index contributed by atoms with van der Waals surface area (Å²) in [6, 6.07) is 0. The van der Waals surface area contributed by atoms with Crippen molar-refractivity contribution >= 4 is 0 Å². The van der Waals surface area contributed by atoms with Crippen LogP contribution in [0.5, 0.6) is 0 Å². The number of hydrogen-bond acceptors (Lipinski definition) is 0. The Morgan fingerprint density at radius 3 is 0.682 bits per heavy atom. The Morgan fingerprint density at radius 2 is 0.400 bits per heavy atom. The molecule has 0 aliphatic carbocycles. The molecule has 0 aromatic carbocycles. The Kier molecular flexibility index (Phi) is 73.5. The van der Waals surface area contributed by atoms with E-state index in [1.165, 1.54) is 430 Å². The standard InChI is InChI=1S/C85H160/c1-7-13-19-25-30-35-40-45-46-48-51-56-61-67-73-79-83(78-72-66-59-54-49-42-37-32-27-21-15-9-3)85(81-75-69-63-58-53-44-39-34-29-23-17-11-5)84(80-74-68-62-57-52-43-38-33-28-22-16-10-4)82(76-70-64-24-18-12-6)77-71-65-60-55-50-47-41-36-31-26-20-14-8-2/h7,9-11,20,26,67,73,82-85H,1,3-5,8,12-19,21-25,27-66,68-72,74-81H2,2,6H3. The van der Waals surface area contributed by atoms with Crippen molar-refractivity contribution in [2.24, 2.45) is 23.7 Å². The zero-order chi connectivity index (χ0) is 61.3. The molecular weight excluding hydrogens is 1020 g/mol. The van der Waals surface area contributed by atoms with Crippen molar-refractivity contribution in [3.8, 4) is 0 Å². The third-order valence-corrected chi connectivity index (χ3v) is 20.0. The molecule has 500 valence electrons. The molecule has 0 rings (SSSR count). The predicted molar refractivity (Wildman–Crippen MR) is 394 cm³/mol. The highest BCUT2D eigenvalue weighted by atomic mass is 14.4. The van der Waals surface area contributed by atoms with Crippen LogP contribution in [0.15, 0.2) is 74.9 Å². The van der Waals surface area contributed by atoms with Crippen molar-refractivity contribution in [2.45, 2.75) is 444 Å². The molecule has 0 spiro atoms. The number of rotatable bonds is 76. The summed E-state index contributed by atoms with van der Waals surface area (Å²) in [5, 5.41) is 0. The summed E-state index contributed by atoms with van der Waals surface area (Å²) in [4.78, 5) is 0. The topological polar surface area (TPSA) is 0 Å². The fourth-order valence-corrected chi connectivity index (χ4v) is 14.4. The minimum Gasteiger partial charge on any atom is -0.103 e. The van der Waals surface area contributed by atoms with Crippen molar-refractivity contribution in [2.75, 3.05) is 0 Å². The van der Waals surface area contributed by atoms with E-state index in [0.29, 0.717) is 0 Å². The highest BCUT2D eigenvalue weighted by Crippen LogP contribution is 2.43. The first-order valence-electron chi connectivity index (χ1n) is 39.9. The van der Waals surface area contributed by atoms with Crippen LogP contribution >= 0.6 is 0 Å². The van der Waals surface area contributed by atoms with Crippen LogP contribution in [0.4, 0.5) is 0 Å². The van der Waals surface area contributed by atoms with Gasteiger partial charge in [0.05, 0.1) is 0 Å². The molecule has 0 bridgehead atoms. The third kappa shape index (κ3) is 63.8. The molecule has 0 aliphatic rings. The molecule has 0 radical (unpaired) electrons. The summed E-state index contributed by atoms with van der Waals surface area (Å²) in [5.41, 5.74) is 0. The molecule has 0 fully saturated rings. The Bertz CT molecular complexity index is 1330. The van der Waals surface area contributed by atoms with Crippen LogP contribution in [-0.4, -0.2) is 0 Å². The average molecular weight is 1180 g/mol. The van der Waals surface area contributed by atoms with Crippen molar-refractivity contribution in [1.82, 2.24) is 0 Å². The Hall–Kier alpha value is -1.56. The predicted octanol–water partition coefficient (Wildman–Crippen LogP) is 31.5. The second-order valence-electron chi connectivity index (χ2n) is 28.0. The first kappa shape index (κ1) is 83.4. The van der Waals surface area contributed by atoms with E-state index >= 15 is 0 Å². The summed E-state index contributed by atoms with van der Waals surface area (Å²) in [7, 11) is 0. The lowest BCUT2D eigenvalue weighted by Crippen LogP contribution is -2.30. The first-order chi connectivity index (χ1) is 42.2. The third-order valence-electron chi connectivity index (χ3n) is 20.0. The first-order valence-corrected chi connectivity index (χ1v) is 39.9. The van der Waals surface area contributed by atoms with Gasteiger partial charge in [0.1, 0.15) is 0 Å². The monoisotopic (exact) mass is 1180 g/mol. The van der Waals surface area contributed by atoms with Gasteiger partial charge in [0, 0.05) is 0 Å². The number of unbranched alkanes of at least 4 members (excludes halogenated alkanes) is 54. The maximum Gasteiger partial charge on any atom is -0.0319 e. The van der Waals surface area contributed by atoms with Crippen LogP contribution < -0.4 is 0 Å². The van der Waals surface area contributed by atoms with Crippen molar-refractivity contribution < 1.29 is 0 Å². The lowest BCUT2D eigenvalue weighted by molar-refractivity contribution is 0.110. The smallest absolute Gasteiger partial charge is 0.0319 e. The van der Waals surface area contributed by atoms with Gasteiger partial charge in [-0.15, -0.1) is 26.3 Å². The van der Waals surface area contributed by atoms with Crippen LogP contribution in [-0.2, 0) is 0 Å². The minimum absolute atomic E-state index is 0.867. The summed E-state index contributed by atoms with van der Waals surface area (Å²) < 4.78 is 0. The van der Waals surface area contributed by atoms with Gasteiger partial charge in [-0.3, -0.25) is 0 Å². The lowest BCUT2D eigenvalue weighted by atomic mass is 9.66. The average Bonchev–Trinajstić information content (AvgIpc) is 3.72. The SMILES string of the molecule is C=CCCCCCCCCCCCCC=CCC(CCCCCCCCCCCCC=C)C(CCCCCCCCCCCCC=C)C(CCCCCCCCCCCCC=C)C(CCCCCCC)CCCCCCCCCCC=CCCC. The van der Waals surface area contributed by atoms with Crippen molar-refractivity contribution in [3.63, 3.8) is 0 Å². The van der Waals surface area contributed by atoms with Crippen molar-refractivity contribution in [3.05, 3.63) is 74.9 Å². The maximum atomic E-state index is 3.95. The van der Waals surface area contributed by atoms with E-state index in [4.69, 9.17) is 0 Å². The van der Waals surface area contributed by atoms with Gasteiger partial charge in [0.15, 0.2) is 0 Å². The highest BCUT2D eigenvalue weighted by molar-refractivity contribution is 4.90. The van der Waals surface area contributed by atoms with Gasteiger partial charge in [-0.25, -0.2) is 0 Å². The second kappa shape index (κ2) is 74.9. The largest absolute Gasteiger partial charge is 0.103 e. The van der Waals surface area contributed by atoms with E-state index in [0.717, 1.165) is 23.7 Å². The van der Waals surface area contributed by atoms with Crippen LogP contribution in [0.2, 0.25) is 0 Å². The molecule has 0 aromatic heterocycles. The molecule has 4 atom stereocenters. The normalized spacial score (nSPS) is 13.3. The molecule has 0 N–H and O–H groups in total. The van der Waals surface area contributed by atoms with E-state index in [-0.39, 0.29) is 0 Å². The maximum absolute atomic E-state index is 3.95. The summed E-state index contributed by atoms with van der Waals surface area (Å²) in [6.45, 7) is 20.4. The van der Waals surface area contributed by atoms with E-state index in [1.807, 2.05) is 0 Å². The molecule has 4 unspecified atom stereocenters. The van der Waals surface area contributed by atoms with Crippen LogP contribution in [0.25, 0.3) is 0 Å². The van der Waals surface area contributed by atoms with Gasteiger partial charge in [0.25, 0.3) is 0 Å². The van der Waals surface area contributed by atoms with Crippen molar-refractivity contribution in [1.29, 1.82) is 0 Å². The van der Waals surface area contributed by atoms with Crippen LogP contribution in [0.1, 0.15) is 444 Å². The van der Waals surface area contributed by atoms with Crippen LogP contribution in [0.3, 0.4) is 0 Å². The Balaban J connectivity index is 6.54. The Morgan fingerprint density at radius 1 is 0.188 bits per heavy atom. The molecule has 0 saturated heterocycles. The molecular formula is C85H160. The van der Waals surface area contributed by atoms with E-state index in [9.17, 15) is 0 Å². The summed E-state index contributed by atoms with van der Waals surface area (Å²) in [5.74, 6) is 3.62. The molecule has 0 aromatic rings. The molecule has 0 heterocycles. The number of hydrogen-bond donors (Lipinski definition) is 0. The lowest BCUT2D eigenvalue weighted by Gasteiger charge is -2.39. The minimum atomic E-state index is 0.867. The summed E-state index contributed by atoms with van der Waals surface area (Å²) >= 11 is 0. The Labute approximate surface area is 539 Å². The molecule has 0 amide bonds.